The van der Waals surface area contributed by atoms with E-state index in [1.807, 2.05) is 0 Å². The van der Waals surface area contributed by atoms with Crippen molar-refractivity contribution >= 4 is 38.9 Å². The summed E-state index contributed by atoms with van der Waals surface area (Å²) in [6, 6.07) is 1.34. The first-order chi connectivity index (χ1) is 9.23. The van der Waals surface area contributed by atoms with Gasteiger partial charge in [0.1, 0.15) is 4.21 Å². The molecule has 5 nitrogen and oxygen atoms in total. The molecule has 0 aliphatic carbocycles. The van der Waals surface area contributed by atoms with Crippen LogP contribution in [-0.4, -0.2) is 36.4 Å². The van der Waals surface area contributed by atoms with Crippen LogP contribution < -0.4 is 0 Å². The number of thiophene rings is 1. The van der Waals surface area contributed by atoms with Gasteiger partial charge in [0, 0.05) is 12.6 Å². The van der Waals surface area contributed by atoms with Crippen molar-refractivity contribution < 1.29 is 18.3 Å². The van der Waals surface area contributed by atoms with Crippen molar-refractivity contribution in [3.8, 4) is 0 Å². The summed E-state index contributed by atoms with van der Waals surface area (Å²) in [7, 11) is -3.68. The van der Waals surface area contributed by atoms with Gasteiger partial charge in [0.15, 0.2) is 0 Å². The number of hydrogen-bond acceptors (Lipinski definition) is 4. The molecule has 1 N–H and O–H groups in total. The number of carboxylic acid groups (broad SMARTS) is 1. The lowest BCUT2D eigenvalue weighted by atomic mass is 9.96. The van der Waals surface area contributed by atoms with E-state index in [0.717, 1.165) is 16.9 Å². The van der Waals surface area contributed by atoms with Crippen LogP contribution in [-0.2, 0) is 14.8 Å². The fourth-order valence-electron chi connectivity index (χ4n) is 2.29. The van der Waals surface area contributed by atoms with Gasteiger partial charge >= 0.3 is 5.97 Å². The van der Waals surface area contributed by atoms with E-state index in [0.29, 0.717) is 17.2 Å². The molecule has 0 amide bonds. The molecule has 1 aromatic heterocycles. The van der Waals surface area contributed by atoms with Crippen LogP contribution in [0.15, 0.2) is 10.3 Å². The highest BCUT2D eigenvalue weighted by Gasteiger charge is 2.38. The Bertz CT molecular complexity index is 606. The third-order valence-electron chi connectivity index (χ3n) is 3.57. The van der Waals surface area contributed by atoms with E-state index >= 15 is 0 Å². The number of aryl methyl sites for hydroxylation is 1. The number of nitrogens with zero attached hydrogens (tertiary/aromatic N) is 1. The Morgan fingerprint density at radius 3 is 2.65 bits per heavy atom. The topological polar surface area (TPSA) is 74.7 Å². The first kappa shape index (κ1) is 15.8. The Hall–Kier alpha value is -0.630. The molecule has 0 spiro atoms. The van der Waals surface area contributed by atoms with Crippen LogP contribution in [0, 0.1) is 12.8 Å². The Kier molecular flexibility index (Phi) is 4.44. The maximum atomic E-state index is 12.6. The summed E-state index contributed by atoms with van der Waals surface area (Å²) in [6.45, 7) is 3.57. The predicted molar refractivity (Wildman–Crippen MR) is 77.8 cm³/mol. The monoisotopic (exact) mass is 337 g/mol. The first-order valence-electron chi connectivity index (χ1n) is 6.24. The third kappa shape index (κ3) is 2.86. The fourth-order valence-corrected chi connectivity index (χ4v) is 5.83. The van der Waals surface area contributed by atoms with Crippen molar-refractivity contribution in [1.29, 1.82) is 0 Å². The smallest absolute Gasteiger partial charge is 0.307 e. The number of halogens is 1. The molecule has 1 aromatic rings. The van der Waals surface area contributed by atoms with Crippen molar-refractivity contribution in [2.45, 2.75) is 36.9 Å². The van der Waals surface area contributed by atoms with Crippen molar-refractivity contribution in [2.75, 3.05) is 6.54 Å². The van der Waals surface area contributed by atoms with Gasteiger partial charge in [0.05, 0.1) is 10.3 Å². The first-order valence-corrected chi connectivity index (χ1v) is 8.87. The number of sulfonamides is 1. The highest BCUT2D eigenvalue weighted by molar-refractivity contribution is 7.91. The molecule has 2 heterocycles. The quantitative estimate of drug-likeness (QED) is 0.919. The van der Waals surface area contributed by atoms with Crippen LogP contribution >= 0.6 is 22.9 Å². The largest absolute Gasteiger partial charge is 0.481 e. The summed E-state index contributed by atoms with van der Waals surface area (Å²) in [6.07, 6.45) is 1.06. The molecule has 0 bridgehead atoms. The normalized spacial score (nSPS) is 24.8. The van der Waals surface area contributed by atoms with Crippen molar-refractivity contribution in [1.82, 2.24) is 4.31 Å². The molecule has 0 saturated carbocycles. The van der Waals surface area contributed by atoms with E-state index in [1.54, 1.807) is 19.9 Å². The van der Waals surface area contributed by atoms with Gasteiger partial charge < -0.3 is 5.11 Å². The Morgan fingerprint density at radius 1 is 1.50 bits per heavy atom. The zero-order chi connectivity index (χ0) is 15.1. The van der Waals surface area contributed by atoms with Crippen LogP contribution in [0.3, 0.4) is 0 Å². The SMILES string of the molecule is Cc1cc(S(=O)(=O)N2C[C@@H](C(=O)O)CC[C@H]2C)sc1Cl. The standard InChI is InChI=1S/C12H16ClNO4S2/c1-7-5-10(19-11(7)13)20(17,18)14-6-9(12(15)16)4-3-8(14)2/h5,8-9H,3-4,6H2,1-2H3,(H,15,16)/t8-,9+/m1/s1. The minimum Gasteiger partial charge on any atom is -0.481 e. The average Bonchev–Trinajstić information content (AvgIpc) is 2.70. The molecule has 1 saturated heterocycles. The number of piperidine rings is 1. The molecule has 2 atom stereocenters. The number of aliphatic carboxylic acids is 1. The summed E-state index contributed by atoms with van der Waals surface area (Å²) >= 11 is 6.95. The minimum atomic E-state index is -3.68. The summed E-state index contributed by atoms with van der Waals surface area (Å²) in [5.41, 5.74) is 0.717. The number of carbonyl (C=O) groups is 1. The Morgan fingerprint density at radius 2 is 2.15 bits per heavy atom. The summed E-state index contributed by atoms with van der Waals surface area (Å²) < 4.78 is 27.1. The van der Waals surface area contributed by atoms with Gasteiger partial charge in [0.25, 0.3) is 10.0 Å². The predicted octanol–water partition coefficient (Wildman–Crippen LogP) is 2.58. The van der Waals surface area contributed by atoms with Gasteiger partial charge in [-0.25, -0.2) is 8.42 Å². The van der Waals surface area contributed by atoms with Gasteiger partial charge in [-0.15, -0.1) is 11.3 Å². The third-order valence-corrected chi connectivity index (χ3v) is 7.56. The molecule has 0 unspecified atom stereocenters. The van der Waals surface area contributed by atoms with Crippen LogP contribution in [0.2, 0.25) is 4.34 Å². The minimum absolute atomic E-state index is 0.0212. The lowest BCUT2D eigenvalue weighted by Gasteiger charge is -2.34. The molecule has 0 aromatic carbocycles. The second-order valence-corrected chi connectivity index (χ2v) is 8.83. The Labute approximate surface area is 127 Å². The summed E-state index contributed by atoms with van der Waals surface area (Å²) in [4.78, 5) is 11.1. The van der Waals surface area contributed by atoms with Crippen LogP contribution in [0.5, 0.6) is 0 Å². The second-order valence-electron chi connectivity index (χ2n) is 5.06. The van der Waals surface area contributed by atoms with E-state index in [1.165, 1.54) is 4.31 Å². The highest BCUT2D eigenvalue weighted by atomic mass is 35.5. The van der Waals surface area contributed by atoms with E-state index in [2.05, 4.69) is 0 Å². The van der Waals surface area contributed by atoms with Crippen LogP contribution in [0.1, 0.15) is 25.3 Å². The molecule has 1 aliphatic rings. The van der Waals surface area contributed by atoms with Crippen LogP contribution in [0.4, 0.5) is 0 Å². The summed E-state index contributed by atoms with van der Waals surface area (Å²) in [5, 5.41) is 9.09. The van der Waals surface area contributed by atoms with Crippen molar-refractivity contribution in [2.24, 2.45) is 5.92 Å². The average molecular weight is 338 g/mol. The van der Waals surface area contributed by atoms with E-state index in [4.69, 9.17) is 16.7 Å². The maximum Gasteiger partial charge on any atom is 0.307 e. The molecule has 112 valence electrons. The van der Waals surface area contributed by atoms with Gasteiger partial charge in [-0.2, -0.15) is 4.31 Å². The number of rotatable bonds is 3. The summed E-state index contributed by atoms with van der Waals surface area (Å²) in [5.74, 6) is -1.59. The lowest BCUT2D eigenvalue weighted by Crippen LogP contribution is -2.47. The molecular formula is C12H16ClNO4S2. The molecule has 1 aliphatic heterocycles. The van der Waals surface area contributed by atoms with Gasteiger partial charge in [-0.1, -0.05) is 11.6 Å². The highest BCUT2D eigenvalue weighted by Crippen LogP contribution is 2.35. The lowest BCUT2D eigenvalue weighted by molar-refractivity contribution is -0.143. The second kappa shape index (κ2) is 5.63. The number of hydrogen-bond donors (Lipinski definition) is 1. The number of carboxylic acids is 1. The zero-order valence-corrected chi connectivity index (χ0v) is 13.6. The van der Waals surface area contributed by atoms with Gasteiger partial charge in [0.2, 0.25) is 0 Å². The maximum absolute atomic E-state index is 12.6. The molecule has 1 fully saturated rings. The van der Waals surface area contributed by atoms with Crippen molar-refractivity contribution in [3.63, 3.8) is 0 Å². The molecule has 20 heavy (non-hydrogen) atoms. The Balaban J connectivity index is 2.34. The van der Waals surface area contributed by atoms with Gasteiger partial charge in [-0.3, -0.25) is 4.79 Å². The van der Waals surface area contributed by atoms with Crippen LogP contribution in [0.25, 0.3) is 0 Å². The molecule has 0 radical (unpaired) electrons. The van der Waals surface area contributed by atoms with E-state index in [-0.39, 0.29) is 16.8 Å². The van der Waals surface area contributed by atoms with Gasteiger partial charge in [-0.05, 0) is 38.3 Å². The zero-order valence-electron chi connectivity index (χ0n) is 11.2. The van der Waals surface area contributed by atoms with E-state index in [9.17, 15) is 13.2 Å². The molecular weight excluding hydrogens is 322 g/mol. The van der Waals surface area contributed by atoms with E-state index < -0.39 is 21.9 Å². The fraction of sp³-hybridized carbons (Fsp3) is 0.583. The van der Waals surface area contributed by atoms with Crippen molar-refractivity contribution in [3.05, 3.63) is 16.0 Å². The molecule has 2 rings (SSSR count). The molecule has 8 heteroatoms.